The lowest BCUT2D eigenvalue weighted by atomic mass is 9.52. The van der Waals surface area contributed by atoms with Gasteiger partial charge in [-0.15, -0.1) is 0 Å². The molecule has 2 aliphatic carbocycles. The third kappa shape index (κ3) is 3.50. The molecule has 0 aromatic heterocycles. The Morgan fingerprint density at radius 3 is 2.83 bits per heavy atom. The van der Waals surface area contributed by atoms with Gasteiger partial charge in [0, 0.05) is 18.0 Å². The van der Waals surface area contributed by atoms with Gasteiger partial charge in [-0.05, 0) is 73.4 Å². The van der Waals surface area contributed by atoms with Gasteiger partial charge in [0.2, 0.25) is 0 Å². The molecule has 3 unspecified atom stereocenters. The molecule has 2 heteroatoms. The number of fused-ring (bicyclic) bond motifs is 1. The lowest BCUT2D eigenvalue weighted by Crippen LogP contribution is -2.60. The van der Waals surface area contributed by atoms with Crippen molar-refractivity contribution < 1.29 is 4.74 Å². The van der Waals surface area contributed by atoms with Crippen LogP contribution in [0, 0.1) is 5.92 Å². The van der Waals surface area contributed by atoms with Crippen LogP contribution in [0.5, 0.6) is 5.75 Å². The van der Waals surface area contributed by atoms with Gasteiger partial charge in [-0.3, -0.25) is 4.90 Å². The topological polar surface area (TPSA) is 12.5 Å². The molecule has 0 spiro atoms. The third-order valence-electron chi connectivity index (χ3n) is 7.92. The largest absolute Gasteiger partial charge is 0.494 e. The predicted octanol–water partition coefficient (Wildman–Crippen LogP) is 6.12. The highest BCUT2D eigenvalue weighted by Gasteiger charge is 2.53. The minimum absolute atomic E-state index is 0.397. The zero-order valence-corrected chi connectivity index (χ0v) is 17.9. The van der Waals surface area contributed by atoms with Crippen molar-refractivity contribution in [3.63, 3.8) is 0 Å². The first-order valence-corrected chi connectivity index (χ1v) is 11.8. The van der Waals surface area contributed by atoms with Gasteiger partial charge in [0.05, 0.1) is 6.61 Å². The number of likely N-dealkylation sites (tertiary alicyclic amines) is 1. The molecule has 0 N–H and O–H groups in total. The molecule has 0 radical (unpaired) electrons. The first-order valence-electron chi connectivity index (χ1n) is 11.8. The fourth-order valence-electron chi connectivity index (χ4n) is 6.50. The van der Waals surface area contributed by atoms with Crippen LogP contribution in [0.25, 0.3) is 0 Å². The van der Waals surface area contributed by atoms with E-state index in [1.165, 1.54) is 57.1 Å². The molecule has 1 saturated heterocycles. The van der Waals surface area contributed by atoms with E-state index in [4.69, 9.17) is 4.74 Å². The van der Waals surface area contributed by atoms with Crippen LogP contribution in [0.1, 0.15) is 68.6 Å². The Labute approximate surface area is 176 Å². The number of nitrogens with zero attached hydrogens (tertiary/aromatic N) is 1. The molecule has 154 valence electrons. The Morgan fingerprint density at radius 1 is 1.07 bits per heavy atom. The van der Waals surface area contributed by atoms with Crippen LogP contribution in [-0.2, 0) is 18.4 Å². The highest BCUT2D eigenvalue weighted by Crippen LogP contribution is 2.56. The number of rotatable bonds is 6. The molecule has 2 aromatic rings. The maximum absolute atomic E-state index is 6.12. The highest BCUT2D eigenvalue weighted by atomic mass is 16.5. The fraction of sp³-hybridized carbons (Fsp3) is 0.556. The van der Waals surface area contributed by atoms with Crippen molar-refractivity contribution in [2.75, 3.05) is 13.2 Å². The molecule has 1 heterocycles. The second kappa shape index (κ2) is 8.14. The summed E-state index contributed by atoms with van der Waals surface area (Å²) < 4.78 is 6.12. The van der Waals surface area contributed by atoms with Crippen LogP contribution in [-0.4, -0.2) is 24.1 Å². The SMILES string of the molecule is CCCCOc1ccc2c(c1)C13CCCCC1C(C2)N(Cc1ccccc1)CC3. The Morgan fingerprint density at radius 2 is 1.97 bits per heavy atom. The number of ether oxygens (including phenoxy) is 1. The molecule has 1 saturated carbocycles. The first kappa shape index (κ1) is 19.2. The van der Waals surface area contributed by atoms with E-state index in [0.29, 0.717) is 11.5 Å². The van der Waals surface area contributed by atoms with Crippen molar-refractivity contribution in [1.82, 2.24) is 4.90 Å². The van der Waals surface area contributed by atoms with Gasteiger partial charge >= 0.3 is 0 Å². The molecule has 2 aromatic carbocycles. The monoisotopic (exact) mass is 389 g/mol. The van der Waals surface area contributed by atoms with Crippen molar-refractivity contribution in [2.45, 2.75) is 76.3 Å². The summed E-state index contributed by atoms with van der Waals surface area (Å²) in [7, 11) is 0. The predicted molar refractivity (Wildman–Crippen MR) is 119 cm³/mol. The van der Waals surface area contributed by atoms with Gasteiger partial charge < -0.3 is 4.74 Å². The summed E-state index contributed by atoms with van der Waals surface area (Å²) >= 11 is 0. The number of piperidine rings is 1. The van der Waals surface area contributed by atoms with Gasteiger partial charge in [-0.25, -0.2) is 0 Å². The average Bonchev–Trinajstić information content (AvgIpc) is 2.77. The lowest BCUT2D eigenvalue weighted by molar-refractivity contribution is -0.0157. The van der Waals surface area contributed by atoms with Crippen molar-refractivity contribution in [2.24, 2.45) is 5.92 Å². The van der Waals surface area contributed by atoms with Crippen molar-refractivity contribution in [3.8, 4) is 5.75 Å². The summed E-state index contributed by atoms with van der Waals surface area (Å²) in [5.41, 5.74) is 5.09. The van der Waals surface area contributed by atoms with E-state index >= 15 is 0 Å². The standard InChI is InChI=1S/C27H35NO/c1-2-3-17-29-23-13-12-22-18-26-24-11-7-8-14-27(24,25(22)19-23)15-16-28(26)20-21-9-5-4-6-10-21/h4-6,9-10,12-13,19,24,26H,2-3,7-8,11,14-18,20H2,1H3. The van der Waals surface area contributed by atoms with Crippen LogP contribution in [0.15, 0.2) is 48.5 Å². The zero-order valence-electron chi connectivity index (χ0n) is 17.9. The summed E-state index contributed by atoms with van der Waals surface area (Å²) in [6, 6.07) is 18.8. The Hall–Kier alpha value is -1.80. The van der Waals surface area contributed by atoms with Gasteiger partial charge in [0.1, 0.15) is 5.75 Å². The average molecular weight is 390 g/mol. The van der Waals surface area contributed by atoms with E-state index in [2.05, 4.69) is 60.4 Å². The van der Waals surface area contributed by atoms with E-state index in [-0.39, 0.29) is 0 Å². The van der Waals surface area contributed by atoms with Crippen molar-refractivity contribution in [3.05, 3.63) is 65.2 Å². The number of hydrogen-bond acceptors (Lipinski definition) is 2. The van der Waals surface area contributed by atoms with Crippen LogP contribution in [0.4, 0.5) is 0 Å². The second-order valence-electron chi connectivity index (χ2n) is 9.51. The van der Waals surface area contributed by atoms with Crippen molar-refractivity contribution in [1.29, 1.82) is 0 Å². The summed E-state index contributed by atoms with van der Waals surface area (Å²) in [5.74, 6) is 1.91. The smallest absolute Gasteiger partial charge is 0.119 e. The van der Waals surface area contributed by atoms with Crippen LogP contribution in [0.2, 0.25) is 0 Å². The third-order valence-corrected chi connectivity index (χ3v) is 7.92. The summed E-state index contributed by atoms with van der Waals surface area (Å²) in [6.07, 6.45) is 10.4. The summed E-state index contributed by atoms with van der Waals surface area (Å²) in [6.45, 7) is 5.41. The molecule has 2 nitrogen and oxygen atoms in total. The molecule has 3 atom stereocenters. The van der Waals surface area contributed by atoms with Crippen molar-refractivity contribution >= 4 is 0 Å². The Kier molecular flexibility index (Phi) is 5.39. The van der Waals surface area contributed by atoms with Crippen LogP contribution >= 0.6 is 0 Å². The molecule has 3 aliphatic rings. The molecule has 29 heavy (non-hydrogen) atoms. The molecule has 1 aliphatic heterocycles. The van der Waals surface area contributed by atoms with Gasteiger partial charge in [-0.1, -0.05) is 62.6 Å². The maximum Gasteiger partial charge on any atom is 0.119 e. The van der Waals surface area contributed by atoms with E-state index in [1.807, 2.05) is 0 Å². The zero-order chi connectivity index (χ0) is 19.7. The normalized spacial score (nSPS) is 28.4. The lowest BCUT2D eigenvalue weighted by Gasteiger charge is -2.59. The highest BCUT2D eigenvalue weighted by molar-refractivity contribution is 5.45. The van der Waals surface area contributed by atoms with Gasteiger partial charge in [0.15, 0.2) is 0 Å². The Bertz CT molecular complexity index is 832. The summed E-state index contributed by atoms with van der Waals surface area (Å²) in [4.78, 5) is 2.80. The van der Waals surface area contributed by atoms with Crippen LogP contribution in [0.3, 0.4) is 0 Å². The molecular weight excluding hydrogens is 354 g/mol. The van der Waals surface area contributed by atoms with E-state index in [9.17, 15) is 0 Å². The summed E-state index contributed by atoms with van der Waals surface area (Å²) in [5, 5.41) is 0. The second-order valence-corrected chi connectivity index (χ2v) is 9.51. The number of hydrogen-bond donors (Lipinski definition) is 0. The molecule has 5 rings (SSSR count). The van der Waals surface area contributed by atoms with E-state index < -0.39 is 0 Å². The van der Waals surface area contributed by atoms with Crippen LogP contribution < -0.4 is 4.74 Å². The minimum Gasteiger partial charge on any atom is -0.494 e. The number of unbranched alkanes of at least 4 members (excludes halogenated alkanes) is 1. The minimum atomic E-state index is 0.397. The van der Waals surface area contributed by atoms with E-state index in [0.717, 1.165) is 31.2 Å². The first-order chi connectivity index (χ1) is 14.3. The Balaban J connectivity index is 1.45. The van der Waals surface area contributed by atoms with Gasteiger partial charge in [0.25, 0.3) is 0 Å². The van der Waals surface area contributed by atoms with Gasteiger partial charge in [-0.2, -0.15) is 0 Å². The quantitative estimate of drug-likeness (QED) is 0.552. The molecule has 2 fully saturated rings. The molecule has 0 amide bonds. The maximum atomic E-state index is 6.12. The van der Waals surface area contributed by atoms with E-state index in [1.54, 1.807) is 11.1 Å². The number of benzene rings is 2. The molecule has 2 bridgehead atoms. The fourth-order valence-corrected chi connectivity index (χ4v) is 6.50. The molecular formula is C27H35NO.